The van der Waals surface area contributed by atoms with Gasteiger partial charge in [0.25, 0.3) is 11.2 Å². The van der Waals surface area contributed by atoms with Crippen molar-refractivity contribution in [3.63, 3.8) is 0 Å². The summed E-state index contributed by atoms with van der Waals surface area (Å²) in [6, 6.07) is 8.68. The second kappa shape index (κ2) is 7.10. The number of thiazole rings is 1. The molecule has 154 valence electrons. The number of rotatable bonds is 3. The van der Waals surface area contributed by atoms with Crippen LogP contribution in [-0.4, -0.2) is 19.3 Å². The van der Waals surface area contributed by atoms with Gasteiger partial charge in [-0.05, 0) is 59.6 Å². The number of furan rings is 1. The molecule has 5 aromatic rings. The monoisotopic (exact) mass is 496 g/mol. The Balaban J connectivity index is 1.61. The third-order valence-electron chi connectivity index (χ3n) is 4.94. The van der Waals surface area contributed by atoms with Crippen LogP contribution in [0.2, 0.25) is 0 Å². The Hall–Kier alpha value is -3.37. The van der Waals surface area contributed by atoms with E-state index in [0.29, 0.717) is 43.3 Å². The standard InChI is InChI=1S/C21H13BrN4O4S/c1-10-5-14(11(2)16(6-10)26(28)29)17-4-3-13(30-17)8-18-20(27)25-19-15(24-21(25)31-18)7-12(22)9-23-19/h3-9H,1-2H3/b18-8-. The zero-order valence-corrected chi connectivity index (χ0v) is 18.7. The summed E-state index contributed by atoms with van der Waals surface area (Å²) in [7, 11) is 0. The third kappa shape index (κ3) is 3.24. The van der Waals surface area contributed by atoms with Crippen molar-refractivity contribution in [1.82, 2.24) is 14.4 Å². The van der Waals surface area contributed by atoms with Crippen LogP contribution in [0.4, 0.5) is 5.69 Å². The van der Waals surface area contributed by atoms with Crippen molar-refractivity contribution in [3.8, 4) is 11.3 Å². The summed E-state index contributed by atoms with van der Waals surface area (Å²) >= 11 is 4.60. The topological polar surface area (TPSA) is 104 Å². The molecule has 0 atom stereocenters. The fourth-order valence-corrected chi connectivity index (χ4v) is 4.78. The van der Waals surface area contributed by atoms with E-state index < -0.39 is 4.92 Å². The van der Waals surface area contributed by atoms with Crippen molar-refractivity contribution in [3.05, 3.63) is 82.9 Å². The third-order valence-corrected chi connectivity index (χ3v) is 6.34. The van der Waals surface area contributed by atoms with E-state index in [-0.39, 0.29) is 11.2 Å². The fourth-order valence-electron chi connectivity index (χ4n) is 3.50. The maximum atomic E-state index is 12.9. The molecule has 0 N–H and O–H groups in total. The summed E-state index contributed by atoms with van der Waals surface area (Å²) in [6.07, 6.45) is 3.27. The summed E-state index contributed by atoms with van der Waals surface area (Å²) < 4.78 is 8.65. The molecule has 0 fully saturated rings. The summed E-state index contributed by atoms with van der Waals surface area (Å²) in [5.41, 5.74) is 2.90. The molecule has 0 spiro atoms. The minimum atomic E-state index is -0.399. The molecule has 10 heteroatoms. The summed E-state index contributed by atoms with van der Waals surface area (Å²) in [5, 5.41) is 11.3. The van der Waals surface area contributed by atoms with Gasteiger partial charge in [-0.15, -0.1) is 0 Å². The van der Waals surface area contributed by atoms with E-state index in [0.717, 1.165) is 10.0 Å². The molecule has 0 radical (unpaired) electrons. The zero-order chi connectivity index (χ0) is 21.9. The molecule has 0 unspecified atom stereocenters. The number of hydrogen-bond acceptors (Lipinski definition) is 7. The van der Waals surface area contributed by atoms with Gasteiger partial charge >= 0.3 is 0 Å². The Morgan fingerprint density at radius 1 is 1.26 bits per heavy atom. The molecule has 0 amide bonds. The van der Waals surface area contributed by atoms with Gasteiger partial charge in [-0.2, -0.15) is 0 Å². The minimum absolute atomic E-state index is 0.0456. The Bertz CT molecular complexity index is 1630. The number of imidazole rings is 1. The number of halogens is 1. The first-order valence-corrected chi connectivity index (χ1v) is 10.8. The largest absolute Gasteiger partial charge is 0.457 e. The van der Waals surface area contributed by atoms with Crippen molar-refractivity contribution in [2.45, 2.75) is 13.8 Å². The van der Waals surface area contributed by atoms with E-state index in [9.17, 15) is 14.9 Å². The molecule has 4 aromatic heterocycles. The quantitative estimate of drug-likeness (QED) is 0.271. The second-order valence-electron chi connectivity index (χ2n) is 7.06. The van der Waals surface area contributed by atoms with Crippen molar-refractivity contribution >= 4 is 55.2 Å². The van der Waals surface area contributed by atoms with Crippen LogP contribution in [0.1, 0.15) is 16.9 Å². The van der Waals surface area contributed by atoms with E-state index in [4.69, 9.17) is 4.42 Å². The number of aryl methyl sites for hydroxylation is 1. The summed E-state index contributed by atoms with van der Waals surface area (Å²) in [6.45, 7) is 3.49. The smallest absolute Gasteiger partial charge is 0.276 e. The van der Waals surface area contributed by atoms with Crippen LogP contribution < -0.4 is 10.1 Å². The molecule has 0 aliphatic carbocycles. The first-order chi connectivity index (χ1) is 14.8. The van der Waals surface area contributed by atoms with Crippen LogP contribution in [0.5, 0.6) is 0 Å². The Labute approximate surface area is 186 Å². The first-order valence-electron chi connectivity index (χ1n) is 9.16. The van der Waals surface area contributed by atoms with Crippen molar-refractivity contribution in [1.29, 1.82) is 0 Å². The lowest BCUT2D eigenvalue weighted by molar-refractivity contribution is -0.385. The Kier molecular flexibility index (Phi) is 4.49. The molecular formula is C21H13BrN4O4S. The lowest BCUT2D eigenvalue weighted by atomic mass is 10.0. The maximum absolute atomic E-state index is 12.9. The zero-order valence-electron chi connectivity index (χ0n) is 16.2. The highest BCUT2D eigenvalue weighted by Gasteiger charge is 2.18. The highest BCUT2D eigenvalue weighted by atomic mass is 79.9. The van der Waals surface area contributed by atoms with Gasteiger partial charge in [0.1, 0.15) is 21.6 Å². The predicted molar refractivity (Wildman–Crippen MR) is 121 cm³/mol. The fraction of sp³-hybridized carbons (Fsp3) is 0.0952. The number of aromatic nitrogens is 3. The van der Waals surface area contributed by atoms with Crippen LogP contribution in [0.3, 0.4) is 0 Å². The van der Waals surface area contributed by atoms with Crippen LogP contribution in [0.25, 0.3) is 33.5 Å². The van der Waals surface area contributed by atoms with Gasteiger partial charge in [0, 0.05) is 33.9 Å². The van der Waals surface area contributed by atoms with Gasteiger partial charge < -0.3 is 4.42 Å². The molecule has 31 heavy (non-hydrogen) atoms. The van der Waals surface area contributed by atoms with E-state index in [2.05, 4.69) is 25.9 Å². The number of benzene rings is 1. The SMILES string of the molecule is Cc1cc(-c2ccc(/C=c3\sc4nc5cc(Br)cnc5n4c3=O)o2)c(C)c([N+](=O)[O-])c1. The average molecular weight is 497 g/mol. The number of pyridine rings is 1. The number of nitro groups is 1. The van der Waals surface area contributed by atoms with Crippen LogP contribution in [0, 0.1) is 24.0 Å². The molecule has 0 aliphatic heterocycles. The predicted octanol–water partition coefficient (Wildman–Crippen LogP) is 4.40. The van der Waals surface area contributed by atoms with E-state index in [1.807, 2.05) is 12.1 Å². The minimum Gasteiger partial charge on any atom is -0.457 e. The normalized spacial score (nSPS) is 12.3. The van der Waals surface area contributed by atoms with Crippen molar-refractivity contribution in [2.75, 3.05) is 0 Å². The molecular weight excluding hydrogens is 484 g/mol. The van der Waals surface area contributed by atoms with Gasteiger partial charge in [-0.1, -0.05) is 11.3 Å². The van der Waals surface area contributed by atoms with Gasteiger partial charge in [0.05, 0.1) is 4.92 Å². The highest BCUT2D eigenvalue weighted by molar-refractivity contribution is 9.10. The maximum Gasteiger partial charge on any atom is 0.276 e. The van der Waals surface area contributed by atoms with E-state index >= 15 is 0 Å². The summed E-state index contributed by atoms with van der Waals surface area (Å²) in [5.74, 6) is 0.974. The lowest BCUT2D eigenvalue weighted by Gasteiger charge is -2.05. The van der Waals surface area contributed by atoms with Crippen LogP contribution in [0.15, 0.2) is 50.2 Å². The second-order valence-corrected chi connectivity index (χ2v) is 8.98. The number of fused-ring (bicyclic) bond motifs is 3. The number of hydrogen-bond donors (Lipinski definition) is 0. The molecule has 8 nitrogen and oxygen atoms in total. The Morgan fingerprint density at radius 2 is 2.06 bits per heavy atom. The van der Waals surface area contributed by atoms with Gasteiger partial charge in [0.2, 0.25) is 0 Å². The summed E-state index contributed by atoms with van der Waals surface area (Å²) in [4.78, 5) is 33.2. The van der Waals surface area contributed by atoms with Crippen LogP contribution >= 0.6 is 27.3 Å². The Morgan fingerprint density at radius 3 is 2.84 bits per heavy atom. The molecule has 0 bridgehead atoms. The van der Waals surface area contributed by atoms with Gasteiger partial charge in [0.15, 0.2) is 10.6 Å². The van der Waals surface area contributed by atoms with Crippen LogP contribution in [-0.2, 0) is 0 Å². The number of nitro benzene ring substituents is 1. The molecule has 0 saturated carbocycles. The number of nitrogens with zero attached hydrogens (tertiary/aromatic N) is 4. The highest BCUT2D eigenvalue weighted by Crippen LogP contribution is 2.32. The van der Waals surface area contributed by atoms with E-state index in [1.54, 1.807) is 38.3 Å². The molecule has 1 aromatic carbocycles. The first kappa shape index (κ1) is 19.6. The molecule has 0 saturated heterocycles. The van der Waals surface area contributed by atoms with Crippen molar-refractivity contribution in [2.24, 2.45) is 0 Å². The van der Waals surface area contributed by atoms with Crippen molar-refractivity contribution < 1.29 is 9.34 Å². The van der Waals surface area contributed by atoms with Gasteiger partial charge in [-0.25, -0.2) is 14.4 Å². The molecule has 5 rings (SSSR count). The molecule has 0 aliphatic rings. The average Bonchev–Trinajstić information content (AvgIpc) is 3.39. The van der Waals surface area contributed by atoms with Gasteiger partial charge in [-0.3, -0.25) is 14.9 Å². The van der Waals surface area contributed by atoms with E-state index in [1.165, 1.54) is 21.8 Å². The lowest BCUT2D eigenvalue weighted by Crippen LogP contribution is -2.22. The molecule has 4 heterocycles.